The lowest BCUT2D eigenvalue weighted by Crippen LogP contribution is -2.19. The van der Waals surface area contributed by atoms with Crippen LogP contribution < -0.4 is 4.74 Å². The maximum atomic E-state index is 11.7. The zero-order valence-electron chi connectivity index (χ0n) is 8.83. The topological polar surface area (TPSA) is 42.2 Å². The molecule has 0 saturated heterocycles. The lowest BCUT2D eigenvalue weighted by atomic mass is 10.2. The van der Waals surface area contributed by atoms with Crippen molar-refractivity contribution in [2.24, 2.45) is 0 Å². The number of para-hydroxylation sites is 1. The Morgan fingerprint density at radius 2 is 1.88 bits per heavy atom. The van der Waals surface area contributed by atoms with E-state index in [-0.39, 0.29) is 13.2 Å². The molecule has 0 aliphatic heterocycles. The molecule has 6 heteroatoms. The number of alkyl halides is 3. The maximum Gasteiger partial charge on any atom is 0.411 e. The van der Waals surface area contributed by atoms with Crippen LogP contribution in [-0.4, -0.2) is 26.0 Å². The molecule has 1 rings (SSSR count). The average Bonchev–Trinajstić information content (AvgIpc) is 2.27. The van der Waals surface area contributed by atoms with Gasteiger partial charge in [0.05, 0.1) is 12.2 Å². The standard InChI is InChI=1S/C11H10F3NO2/c12-11(13,14)8-16-5-6-17-10-4-2-1-3-9(10)7-15/h1-4H,5-6,8H2. The molecule has 0 spiro atoms. The number of benzene rings is 1. The third-order valence-corrected chi connectivity index (χ3v) is 1.76. The van der Waals surface area contributed by atoms with E-state index >= 15 is 0 Å². The molecule has 0 fully saturated rings. The predicted molar refractivity (Wildman–Crippen MR) is 53.5 cm³/mol. The summed E-state index contributed by atoms with van der Waals surface area (Å²) in [6, 6.07) is 8.39. The summed E-state index contributed by atoms with van der Waals surface area (Å²) in [5.41, 5.74) is 0.336. The molecule has 0 radical (unpaired) electrons. The SMILES string of the molecule is N#Cc1ccccc1OCCOCC(F)(F)F. The Balaban J connectivity index is 2.30. The van der Waals surface area contributed by atoms with Gasteiger partial charge < -0.3 is 9.47 Å². The Kier molecular flexibility index (Phi) is 4.79. The second-order valence-electron chi connectivity index (χ2n) is 3.12. The van der Waals surface area contributed by atoms with Crippen LogP contribution in [0.5, 0.6) is 5.75 Å². The van der Waals surface area contributed by atoms with Crippen LogP contribution in [0.2, 0.25) is 0 Å². The van der Waals surface area contributed by atoms with Gasteiger partial charge in [0.1, 0.15) is 25.0 Å². The van der Waals surface area contributed by atoms with Crippen molar-refractivity contribution in [1.82, 2.24) is 0 Å². The molecule has 92 valence electrons. The van der Waals surface area contributed by atoms with E-state index in [1.54, 1.807) is 24.3 Å². The summed E-state index contributed by atoms with van der Waals surface area (Å²) in [7, 11) is 0. The van der Waals surface area contributed by atoms with E-state index in [2.05, 4.69) is 4.74 Å². The molecule has 17 heavy (non-hydrogen) atoms. The highest BCUT2D eigenvalue weighted by Gasteiger charge is 2.27. The Labute approximate surface area is 96.4 Å². The van der Waals surface area contributed by atoms with E-state index in [0.717, 1.165) is 0 Å². The molecule has 0 amide bonds. The summed E-state index contributed by atoms with van der Waals surface area (Å²) < 4.78 is 44.6. The highest BCUT2D eigenvalue weighted by atomic mass is 19.4. The van der Waals surface area contributed by atoms with Gasteiger partial charge in [0.2, 0.25) is 0 Å². The van der Waals surface area contributed by atoms with Crippen molar-refractivity contribution >= 4 is 0 Å². The normalized spacial score (nSPS) is 10.9. The monoisotopic (exact) mass is 245 g/mol. The van der Waals surface area contributed by atoms with Crippen LogP contribution in [0.25, 0.3) is 0 Å². The van der Waals surface area contributed by atoms with E-state index in [1.807, 2.05) is 6.07 Å². The van der Waals surface area contributed by atoms with E-state index < -0.39 is 12.8 Å². The number of halogens is 3. The summed E-state index contributed by atoms with van der Waals surface area (Å²) in [4.78, 5) is 0. The first-order chi connectivity index (χ1) is 8.03. The fraction of sp³-hybridized carbons (Fsp3) is 0.364. The van der Waals surface area contributed by atoms with E-state index in [4.69, 9.17) is 10.00 Å². The van der Waals surface area contributed by atoms with Crippen LogP contribution in [-0.2, 0) is 4.74 Å². The minimum atomic E-state index is -4.33. The summed E-state index contributed by atoms with van der Waals surface area (Å²) in [5.74, 6) is 0.339. The Morgan fingerprint density at radius 1 is 1.18 bits per heavy atom. The van der Waals surface area contributed by atoms with Crippen molar-refractivity contribution in [2.45, 2.75) is 6.18 Å². The second-order valence-corrected chi connectivity index (χ2v) is 3.12. The number of rotatable bonds is 5. The number of hydrogen-bond donors (Lipinski definition) is 0. The van der Waals surface area contributed by atoms with E-state index in [9.17, 15) is 13.2 Å². The summed E-state index contributed by atoms with van der Waals surface area (Å²) >= 11 is 0. The van der Waals surface area contributed by atoms with E-state index in [1.165, 1.54) is 0 Å². The number of nitrogens with zero attached hydrogens (tertiary/aromatic N) is 1. The average molecular weight is 245 g/mol. The zero-order chi connectivity index (χ0) is 12.7. The molecule has 0 aliphatic rings. The molecule has 0 atom stereocenters. The highest BCUT2D eigenvalue weighted by molar-refractivity contribution is 5.42. The maximum absolute atomic E-state index is 11.7. The van der Waals surface area contributed by atoms with Crippen molar-refractivity contribution in [1.29, 1.82) is 5.26 Å². The van der Waals surface area contributed by atoms with Crippen LogP contribution in [0, 0.1) is 11.3 Å². The summed E-state index contributed by atoms with van der Waals surface area (Å²) in [6.45, 7) is -1.51. The molecule has 0 unspecified atom stereocenters. The van der Waals surface area contributed by atoms with Gasteiger partial charge in [-0.3, -0.25) is 0 Å². The lowest BCUT2D eigenvalue weighted by Gasteiger charge is -2.09. The molecule has 3 nitrogen and oxygen atoms in total. The molecule has 0 aliphatic carbocycles. The molecular formula is C11H10F3NO2. The van der Waals surface area contributed by atoms with Gasteiger partial charge in [0, 0.05) is 0 Å². The van der Waals surface area contributed by atoms with Crippen LogP contribution in [0.1, 0.15) is 5.56 Å². The van der Waals surface area contributed by atoms with Gasteiger partial charge in [-0.25, -0.2) is 0 Å². The van der Waals surface area contributed by atoms with Gasteiger partial charge >= 0.3 is 6.18 Å². The smallest absolute Gasteiger partial charge is 0.411 e. The van der Waals surface area contributed by atoms with Gasteiger partial charge in [0.25, 0.3) is 0 Å². The minimum absolute atomic E-state index is 0.0330. The van der Waals surface area contributed by atoms with Gasteiger partial charge in [-0.05, 0) is 12.1 Å². The number of ether oxygens (including phenoxy) is 2. The van der Waals surface area contributed by atoms with Crippen molar-refractivity contribution in [3.05, 3.63) is 29.8 Å². The van der Waals surface area contributed by atoms with Crippen molar-refractivity contribution < 1.29 is 22.6 Å². The molecule has 0 heterocycles. The quantitative estimate of drug-likeness (QED) is 0.748. The molecule has 0 N–H and O–H groups in total. The molecule has 0 aromatic heterocycles. The molecule has 1 aromatic carbocycles. The first-order valence-corrected chi connectivity index (χ1v) is 4.79. The fourth-order valence-electron chi connectivity index (χ4n) is 1.08. The predicted octanol–water partition coefficient (Wildman–Crippen LogP) is 2.52. The first kappa shape index (κ1) is 13.3. The lowest BCUT2D eigenvalue weighted by molar-refractivity contribution is -0.175. The van der Waals surface area contributed by atoms with Gasteiger partial charge in [-0.2, -0.15) is 18.4 Å². The zero-order valence-corrected chi connectivity index (χ0v) is 8.83. The van der Waals surface area contributed by atoms with Crippen LogP contribution in [0.15, 0.2) is 24.3 Å². The largest absolute Gasteiger partial charge is 0.490 e. The van der Waals surface area contributed by atoms with Crippen molar-refractivity contribution in [2.75, 3.05) is 19.8 Å². The minimum Gasteiger partial charge on any atom is -0.490 e. The summed E-state index contributed by atoms with van der Waals surface area (Å²) in [5, 5.41) is 8.72. The third-order valence-electron chi connectivity index (χ3n) is 1.76. The van der Waals surface area contributed by atoms with Crippen molar-refractivity contribution in [3.63, 3.8) is 0 Å². The van der Waals surface area contributed by atoms with Crippen LogP contribution in [0.3, 0.4) is 0 Å². The molecule has 0 saturated carbocycles. The first-order valence-electron chi connectivity index (χ1n) is 4.79. The highest BCUT2D eigenvalue weighted by Crippen LogP contribution is 2.17. The summed E-state index contributed by atoms with van der Waals surface area (Å²) in [6.07, 6.45) is -4.33. The molecule has 1 aromatic rings. The molecular weight excluding hydrogens is 235 g/mol. The van der Waals surface area contributed by atoms with Gasteiger partial charge in [-0.15, -0.1) is 0 Å². The van der Waals surface area contributed by atoms with E-state index in [0.29, 0.717) is 11.3 Å². The molecule has 0 bridgehead atoms. The van der Waals surface area contributed by atoms with Gasteiger partial charge in [-0.1, -0.05) is 12.1 Å². The van der Waals surface area contributed by atoms with Crippen LogP contribution in [0.4, 0.5) is 13.2 Å². The Hall–Kier alpha value is -1.74. The van der Waals surface area contributed by atoms with Crippen molar-refractivity contribution in [3.8, 4) is 11.8 Å². The number of nitriles is 1. The second kappa shape index (κ2) is 6.11. The number of hydrogen-bond acceptors (Lipinski definition) is 3. The van der Waals surface area contributed by atoms with Crippen LogP contribution >= 0.6 is 0 Å². The Bertz CT molecular complexity index is 398. The Morgan fingerprint density at radius 3 is 2.53 bits per heavy atom. The third kappa shape index (κ3) is 5.22. The fourth-order valence-corrected chi connectivity index (χ4v) is 1.08. The van der Waals surface area contributed by atoms with Gasteiger partial charge in [0.15, 0.2) is 0 Å².